The molecule has 0 aliphatic rings. The van der Waals surface area contributed by atoms with Crippen molar-refractivity contribution in [2.45, 2.75) is 13.3 Å². The Morgan fingerprint density at radius 2 is 2.00 bits per heavy atom. The van der Waals surface area contributed by atoms with Crippen LogP contribution in [0.15, 0.2) is 35.8 Å². The fourth-order valence-corrected chi connectivity index (χ4v) is 1.84. The van der Waals surface area contributed by atoms with Crippen LogP contribution in [0.1, 0.15) is 12.5 Å². The van der Waals surface area contributed by atoms with E-state index in [1.54, 1.807) is 20.3 Å². The molecule has 1 rings (SSSR count). The van der Waals surface area contributed by atoms with Crippen molar-refractivity contribution in [1.29, 1.82) is 0 Å². The summed E-state index contributed by atoms with van der Waals surface area (Å²) in [5, 5.41) is 6.36. The zero-order chi connectivity index (χ0) is 15.5. The second-order valence-corrected chi connectivity index (χ2v) is 4.37. The zero-order valence-corrected chi connectivity index (χ0v) is 13.1. The minimum absolute atomic E-state index is 0.696. The van der Waals surface area contributed by atoms with Crippen LogP contribution in [0.2, 0.25) is 0 Å². The number of nitrogens with one attached hydrogen (secondary N) is 2. The third-order valence-corrected chi connectivity index (χ3v) is 2.88. The van der Waals surface area contributed by atoms with E-state index in [4.69, 9.17) is 9.47 Å². The first-order chi connectivity index (χ1) is 10.2. The van der Waals surface area contributed by atoms with Gasteiger partial charge in [-0.25, -0.2) is 0 Å². The second-order valence-electron chi connectivity index (χ2n) is 4.37. The van der Waals surface area contributed by atoms with Gasteiger partial charge >= 0.3 is 0 Å². The highest BCUT2D eigenvalue weighted by molar-refractivity contribution is 5.79. The minimum atomic E-state index is 0.696. The van der Waals surface area contributed by atoms with Crippen molar-refractivity contribution in [2.24, 2.45) is 4.99 Å². The van der Waals surface area contributed by atoms with E-state index < -0.39 is 0 Å². The van der Waals surface area contributed by atoms with E-state index in [0.29, 0.717) is 13.1 Å². The van der Waals surface area contributed by atoms with E-state index in [9.17, 15) is 0 Å². The normalized spacial score (nSPS) is 10.9. The van der Waals surface area contributed by atoms with Gasteiger partial charge in [-0.05, 0) is 31.0 Å². The lowest BCUT2D eigenvalue weighted by Gasteiger charge is -2.10. The van der Waals surface area contributed by atoms with E-state index >= 15 is 0 Å². The van der Waals surface area contributed by atoms with Crippen molar-refractivity contribution in [3.63, 3.8) is 0 Å². The van der Waals surface area contributed by atoms with Crippen LogP contribution in [0.4, 0.5) is 0 Å². The van der Waals surface area contributed by atoms with Gasteiger partial charge in [0.2, 0.25) is 0 Å². The average Bonchev–Trinajstić information content (AvgIpc) is 2.52. The third kappa shape index (κ3) is 5.77. The standard InChI is InChI=1S/C16H25N3O2/c1-5-10-18-16(17-6-2)19-11-9-13-7-8-14(20-3)15(12-13)21-4/h5,7-8,12H,1,6,9-11H2,2-4H3,(H2,17,18,19). The number of aliphatic imine (C=N–C) groups is 1. The average molecular weight is 291 g/mol. The van der Waals surface area contributed by atoms with Crippen LogP contribution in [0.5, 0.6) is 11.5 Å². The summed E-state index contributed by atoms with van der Waals surface area (Å²) in [6.07, 6.45) is 2.65. The van der Waals surface area contributed by atoms with Crippen LogP contribution in [-0.2, 0) is 6.42 Å². The van der Waals surface area contributed by atoms with E-state index in [2.05, 4.69) is 22.2 Å². The number of hydrogen-bond acceptors (Lipinski definition) is 3. The highest BCUT2D eigenvalue weighted by atomic mass is 16.5. The Hall–Kier alpha value is -2.17. The third-order valence-electron chi connectivity index (χ3n) is 2.88. The number of guanidine groups is 1. The molecule has 0 aliphatic heterocycles. The highest BCUT2D eigenvalue weighted by Crippen LogP contribution is 2.27. The molecule has 5 heteroatoms. The number of rotatable bonds is 8. The Balaban J connectivity index is 2.62. The molecule has 0 aromatic heterocycles. The van der Waals surface area contributed by atoms with Gasteiger partial charge in [0.25, 0.3) is 0 Å². The summed E-state index contributed by atoms with van der Waals surface area (Å²) in [7, 11) is 3.28. The number of ether oxygens (including phenoxy) is 2. The molecule has 0 aliphatic carbocycles. The maximum Gasteiger partial charge on any atom is 0.191 e. The largest absolute Gasteiger partial charge is 0.493 e. The molecule has 0 saturated carbocycles. The van der Waals surface area contributed by atoms with Gasteiger partial charge in [0.1, 0.15) is 0 Å². The predicted octanol–water partition coefficient (Wildman–Crippen LogP) is 1.99. The molecule has 0 amide bonds. The van der Waals surface area contributed by atoms with Gasteiger partial charge in [0.05, 0.1) is 14.2 Å². The number of benzene rings is 1. The van der Waals surface area contributed by atoms with Gasteiger partial charge < -0.3 is 20.1 Å². The molecular formula is C16H25N3O2. The van der Waals surface area contributed by atoms with Crippen LogP contribution >= 0.6 is 0 Å². The maximum atomic E-state index is 5.30. The molecule has 0 spiro atoms. The second kappa shape index (κ2) is 9.69. The fourth-order valence-electron chi connectivity index (χ4n) is 1.84. The molecule has 5 nitrogen and oxygen atoms in total. The van der Waals surface area contributed by atoms with E-state index in [0.717, 1.165) is 36.0 Å². The topological polar surface area (TPSA) is 54.9 Å². The summed E-state index contributed by atoms with van der Waals surface area (Å²) in [6.45, 7) is 7.95. The zero-order valence-electron chi connectivity index (χ0n) is 13.1. The van der Waals surface area contributed by atoms with E-state index in [-0.39, 0.29) is 0 Å². The fraction of sp³-hybridized carbons (Fsp3) is 0.438. The lowest BCUT2D eigenvalue weighted by Crippen LogP contribution is -2.37. The molecule has 2 N–H and O–H groups in total. The van der Waals surface area contributed by atoms with Gasteiger partial charge in [-0.2, -0.15) is 0 Å². The SMILES string of the molecule is C=CCNC(=NCCc1ccc(OC)c(OC)c1)NCC. The molecule has 116 valence electrons. The van der Waals surface area contributed by atoms with Gasteiger partial charge in [0, 0.05) is 19.6 Å². The van der Waals surface area contributed by atoms with Crippen LogP contribution in [0.25, 0.3) is 0 Å². The van der Waals surface area contributed by atoms with Crippen LogP contribution in [-0.4, -0.2) is 39.8 Å². The number of hydrogen-bond donors (Lipinski definition) is 2. The summed E-state index contributed by atoms with van der Waals surface area (Å²) >= 11 is 0. The Morgan fingerprint density at radius 3 is 2.62 bits per heavy atom. The number of nitrogens with zero attached hydrogens (tertiary/aromatic N) is 1. The first kappa shape index (κ1) is 16.9. The summed E-state index contributed by atoms with van der Waals surface area (Å²) in [6, 6.07) is 5.93. The lowest BCUT2D eigenvalue weighted by atomic mass is 10.1. The molecule has 1 aromatic carbocycles. The van der Waals surface area contributed by atoms with Gasteiger partial charge in [0.15, 0.2) is 17.5 Å². The van der Waals surface area contributed by atoms with Crippen molar-refractivity contribution >= 4 is 5.96 Å². The lowest BCUT2D eigenvalue weighted by molar-refractivity contribution is 0.354. The van der Waals surface area contributed by atoms with E-state index in [1.165, 1.54) is 0 Å². The molecule has 0 heterocycles. The number of methoxy groups -OCH3 is 2. The minimum Gasteiger partial charge on any atom is -0.493 e. The Kier molecular flexibility index (Phi) is 7.79. The molecule has 0 radical (unpaired) electrons. The molecule has 0 fully saturated rings. The van der Waals surface area contributed by atoms with Gasteiger partial charge in [-0.3, -0.25) is 4.99 Å². The maximum absolute atomic E-state index is 5.30. The van der Waals surface area contributed by atoms with Crippen molar-refractivity contribution in [2.75, 3.05) is 33.9 Å². The first-order valence-electron chi connectivity index (χ1n) is 7.09. The molecule has 1 aromatic rings. The molecule has 0 saturated heterocycles. The van der Waals surface area contributed by atoms with E-state index in [1.807, 2.05) is 25.1 Å². The molecule has 21 heavy (non-hydrogen) atoms. The molecule has 0 unspecified atom stereocenters. The van der Waals surface area contributed by atoms with Gasteiger partial charge in [-0.1, -0.05) is 12.1 Å². The smallest absolute Gasteiger partial charge is 0.191 e. The van der Waals surface area contributed by atoms with Crippen molar-refractivity contribution in [3.8, 4) is 11.5 Å². The Labute approximate surface area is 127 Å². The molecular weight excluding hydrogens is 266 g/mol. The monoisotopic (exact) mass is 291 g/mol. The van der Waals surface area contributed by atoms with Gasteiger partial charge in [-0.15, -0.1) is 6.58 Å². The van der Waals surface area contributed by atoms with Crippen LogP contribution < -0.4 is 20.1 Å². The summed E-state index contributed by atoms with van der Waals surface area (Å²) in [5.41, 5.74) is 1.16. The molecule has 0 atom stereocenters. The van der Waals surface area contributed by atoms with Crippen LogP contribution in [0, 0.1) is 0 Å². The van der Waals surface area contributed by atoms with Crippen LogP contribution in [0.3, 0.4) is 0 Å². The predicted molar refractivity (Wildman–Crippen MR) is 87.4 cm³/mol. The first-order valence-corrected chi connectivity index (χ1v) is 7.09. The quantitative estimate of drug-likeness (QED) is 0.437. The summed E-state index contributed by atoms with van der Waals surface area (Å²) in [5.74, 6) is 2.29. The molecule has 0 bridgehead atoms. The summed E-state index contributed by atoms with van der Waals surface area (Å²) < 4.78 is 10.5. The Morgan fingerprint density at radius 1 is 1.24 bits per heavy atom. The van der Waals surface area contributed by atoms with Crippen molar-refractivity contribution in [1.82, 2.24) is 10.6 Å². The van der Waals surface area contributed by atoms with Crippen molar-refractivity contribution in [3.05, 3.63) is 36.4 Å². The summed E-state index contributed by atoms with van der Waals surface area (Å²) in [4.78, 5) is 4.52. The Bertz CT molecular complexity index is 473. The highest BCUT2D eigenvalue weighted by Gasteiger charge is 2.04. The van der Waals surface area contributed by atoms with Crippen molar-refractivity contribution < 1.29 is 9.47 Å².